The van der Waals surface area contributed by atoms with Gasteiger partial charge in [-0.05, 0) is 18.2 Å². The Morgan fingerprint density at radius 1 is 1.44 bits per heavy atom. The molecular weight excluding hydrogens is 233 g/mol. The first kappa shape index (κ1) is 13.1. The van der Waals surface area contributed by atoms with Crippen LogP contribution in [0.1, 0.15) is 5.56 Å². The highest BCUT2D eigenvalue weighted by atomic mass is 35.5. The average molecular weight is 246 g/mol. The number of aliphatic imine (C=N–C) groups is 1. The van der Waals surface area contributed by atoms with Crippen LogP contribution in [0.3, 0.4) is 0 Å². The van der Waals surface area contributed by atoms with Gasteiger partial charge in [-0.1, -0.05) is 11.6 Å². The van der Waals surface area contributed by atoms with Crippen LogP contribution >= 0.6 is 11.6 Å². The van der Waals surface area contributed by atoms with Crippen LogP contribution in [0, 0.1) is 5.82 Å². The van der Waals surface area contributed by atoms with Gasteiger partial charge in [0.1, 0.15) is 5.82 Å². The molecule has 16 heavy (non-hydrogen) atoms. The maximum absolute atomic E-state index is 12.7. The van der Waals surface area contributed by atoms with E-state index >= 15 is 0 Å². The third-order valence-corrected chi connectivity index (χ3v) is 2.30. The monoisotopic (exact) mass is 245 g/mol. The lowest BCUT2D eigenvalue weighted by Gasteiger charge is -2.09. The minimum atomic E-state index is -0.379. The Hall–Kier alpha value is -0.970. The van der Waals surface area contributed by atoms with Crippen molar-refractivity contribution in [1.29, 1.82) is 0 Å². The molecule has 0 atom stereocenters. The fourth-order valence-electron chi connectivity index (χ4n) is 1.09. The molecule has 0 saturated heterocycles. The van der Waals surface area contributed by atoms with E-state index < -0.39 is 0 Å². The van der Waals surface area contributed by atoms with Crippen molar-refractivity contribution in [1.82, 2.24) is 0 Å². The second-order valence-corrected chi connectivity index (χ2v) is 3.47. The molecule has 1 rings (SSSR count). The number of nitrogens with zero attached hydrogens (tertiary/aromatic N) is 1. The van der Waals surface area contributed by atoms with Crippen LogP contribution in [-0.4, -0.2) is 33.3 Å². The molecule has 0 aromatic heterocycles. The van der Waals surface area contributed by atoms with Crippen LogP contribution in [0.4, 0.5) is 4.39 Å². The maximum atomic E-state index is 12.7. The zero-order chi connectivity index (χ0) is 12.0. The molecular formula is C11H13ClFNO2. The average Bonchev–Trinajstić information content (AvgIpc) is 2.27. The summed E-state index contributed by atoms with van der Waals surface area (Å²) in [5, 5.41) is 0.329. The van der Waals surface area contributed by atoms with Gasteiger partial charge in [0.2, 0.25) is 0 Å². The van der Waals surface area contributed by atoms with Crippen molar-refractivity contribution in [3.8, 4) is 0 Å². The van der Waals surface area contributed by atoms with Crippen molar-refractivity contribution in [2.45, 2.75) is 6.29 Å². The summed E-state index contributed by atoms with van der Waals surface area (Å²) < 4.78 is 22.7. The number of hydrogen-bond donors (Lipinski definition) is 0. The zero-order valence-electron chi connectivity index (χ0n) is 9.11. The van der Waals surface area contributed by atoms with Gasteiger partial charge < -0.3 is 9.47 Å². The van der Waals surface area contributed by atoms with Crippen LogP contribution in [0.5, 0.6) is 0 Å². The number of benzene rings is 1. The standard InChI is InChI=1S/C11H13ClFNO2/c1-15-11(16-2)7-14-6-8-3-4-9(13)5-10(8)12/h3-6,11H,7H2,1-2H3/b14-6+. The smallest absolute Gasteiger partial charge is 0.176 e. The molecule has 0 radical (unpaired) electrons. The van der Waals surface area contributed by atoms with E-state index in [4.69, 9.17) is 21.1 Å². The molecule has 0 amide bonds. The van der Waals surface area contributed by atoms with Crippen molar-refractivity contribution in [2.24, 2.45) is 4.99 Å². The molecule has 0 aliphatic rings. The van der Waals surface area contributed by atoms with Gasteiger partial charge >= 0.3 is 0 Å². The van der Waals surface area contributed by atoms with Crippen molar-refractivity contribution in [3.05, 3.63) is 34.6 Å². The summed E-state index contributed by atoms with van der Waals surface area (Å²) in [5.74, 6) is -0.367. The second kappa shape index (κ2) is 6.58. The fraction of sp³-hybridized carbons (Fsp3) is 0.364. The lowest BCUT2D eigenvalue weighted by Crippen LogP contribution is -2.16. The fourth-order valence-corrected chi connectivity index (χ4v) is 1.30. The summed E-state index contributed by atoms with van der Waals surface area (Å²) in [5.41, 5.74) is 0.661. The summed E-state index contributed by atoms with van der Waals surface area (Å²) >= 11 is 5.82. The summed E-state index contributed by atoms with van der Waals surface area (Å²) in [4.78, 5) is 4.09. The van der Waals surface area contributed by atoms with E-state index in [0.29, 0.717) is 17.1 Å². The van der Waals surface area contributed by atoms with Crippen LogP contribution < -0.4 is 0 Å². The van der Waals surface area contributed by atoms with Gasteiger partial charge in [0.05, 0.1) is 11.6 Å². The topological polar surface area (TPSA) is 30.8 Å². The Morgan fingerprint density at radius 3 is 2.69 bits per heavy atom. The van der Waals surface area contributed by atoms with Gasteiger partial charge in [0.15, 0.2) is 6.29 Å². The lowest BCUT2D eigenvalue weighted by atomic mass is 10.2. The van der Waals surface area contributed by atoms with Crippen LogP contribution in [0.2, 0.25) is 5.02 Å². The molecule has 0 aliphatic heterocycles. The number of hydrogen-bond acceptors (Lipinski definition) is 3. The van der Waals surface area contributed by atoms with Gasteiger partial charge in [-0.15, -0.1) is 0 Å². The Balaban J connectivity index is 2.62. The molecule has 0 spiro atoms. The van der Waals surface area contributed by atoms with E-state index in [9.17, 15) is 4.39 Å². The predicted molar refractivity (Wildman–Crippen MR) is 61.7 cm³/mol. The van der Waals surface area contributed by atoms with E-state index in [1.54, 1.807) is 12.3 Å². The predicted octanol–water partition coefficient (Wildman–Crippen LogP) is 2.52. The van der Waals surface area contributed by atoms with E-state index in [1.807, 2.05) is 0 Å². The summed E-state index contributed by atoms with van der Waals surface area (Å²) in [6.07, 6.45) is 1.18. The van der Waals surface area contributed by atoms with Gasteiger partial charge in [0, 0.05) is 26.0 Å². The minimum Gasteiger partial charge on any atom is -0.354 e. The zero-order valence-corrected chi connectivity index (χ0v) is 9.87. The third kappa shape index (κ3) is 3.89. The molecule has 0 bridgehead atoms. The van der Waals surface area contributed by atoms with Crippen molar-refractivity contribution in [3.63, 3.8) is 0 Å². The van der Waals surface area contributed by atoms with Gasteiger partial charge in [0.25, 0.3) is 0 Å². The first-order chi connectivity index (χ1) is 7.67. The number of methoxy groups -OCH3 is 2. The van der Waals surface area contributed by atoms with Gasteiger partial charge in [-0.2, -0.15) is 0 Å². The SMILES string of the molecule is COC(C/N=C/c1ccc(F)cc1Cl)OC. The Morgan fingerprint density at radius 2 is 2.12 bits per heavy atom. The van der Waals surface area contributed by atoms with Crippen LogP contribution in [0.15, 0.2) is 23.2 Å². The quantitative estimate of drug-likeness (QED) is 0.590. The largest absolute Gasteiger partial charge is 0.354 e. The van der Waals surface area contributed by atoms with Crippen molar-refractivity contribution in [2.75, 3.05) is 20.8 Å². The first-order valence-electron chi connectivity index (χ1n) is 4.68. The molecule has 88 valence electrons. The lowest BCUT2D eigenvalue weighted by molar-refractivity contribution is -0.0936. The number of rotatable bonds is 5. The maximum Gasteiger partial charge on any atom is 0.176 e. The number of ether oxygens (including phenoxy) is 2. The van der Waals surface area contributed by atoms with E-state index in [2.05, 4.69) is 4.99 Å². The van der Waals surface area contributed by atoms with Crippen molar-refractivity contribution < 1.29 is 13.9 Å². The molecule has 0 fully saturated rings. The molecule has 3 nitrogen and oxygen atoms in total. The van der Waals surface area contributed by atoms with Gasteiger partial charge in [-0.3, -0.25) is 4.99 Å². The Bertz CT molecular complexity index is 367. The first-order valence-corrected chi connectivity index (χ1v) is 5.05. The van der Waals surface area contributed by atoms with Crippen LogP contribution in [-0.2, 0) is 9.47 Å². The summed E-state index contributed by atoms with van der Waals surface area (Å²) in [7, 11) is 3.07. The normalized spacial score (nSPS) is 11.6. The molecule has 0 heterocycles. The van der Waals surface area contributed by atoms with Crippen LogP contribution in [0.25, 0.3) is 0 Å². The Labute approximate surface area is 98.8 Å². The van der Waals surface area contributed by atoms with Crippen molar-refractivity contribution >= 4 is 17.8 Å². The molecule has 1 aromatic rings. The highest BCUT2D eigenvalue weighted by Gasteiger charge is 2.02. The second-order valence-electron chi connectivity index (χ2n) is 3.06. The molecule has 1 aromatic carbocycles. The van der Waals surface area contributed by atoms with E-state index in [-0.39, 0.29) is 12.1 Å². The molecule has 0 unspecified atom stereocenters. The van der Waals surface area contributed by atoms with Gasteiger partial charge in [-0.25, -0.2) is 4.39 Å². The molecule has 5 heteroatoms. The summed E-state index contributed by atoms with van der Waals surface area (Å²) in [6, 6.07) is 4.14. The molecule has 0 N–H and O–H groups in total. The summed E-state index contributed by atoms with van der Waals surface area (Å²) in [6.45, 7) is 0.362. The highest BCUT2D eigenvalue weighted by molar-refractivity contribution is 6.33. The molecule has 0 aliphatic carbocycles. The third-order valence-electron chi connectivity index (χ3n) is 1.97. The number of halogens is 2. The van der Waals surface area contributed by atoms with E-state index in [1.165, 1.54) is 26.4 Å². The molecule has 0 saturated carbocycles. The Kier molecular flexibility index (Phi) is 5.38. The highest BCUT2D eigenvalue weighted by Crippen LogP contribution is 2.15. The minimum absolute atomic E-state index is 0.329. The van der Waals surface area contributed by atoms with E-state index in [0.717, 1.165) is 0 Å².